The Morgan fingerprint density at radius 2 is 1.90 bits per heavy atom. The van der Waals surface area contributed by atoms with Gasteiger partial charge in [-0.3, -0.25) is 0 Å². The SMILES string of the molecule is OC(c1ccc2c(c1)CCO2)c1cc(F)c(F)cc1Cl. The van der Waals surface area contributed by atoms with Gasteiger partial charge in [-0.15, -0.1) is 0 Å². The second-order valence-corrected chi connectivity index (χ2v) is 5.06. The highest BCUT2D eigenvalue weighted by Crippen LogP contribution is 2.33. The van der Waals surface area contributed by atoms with Crippen LogP contribution in [0.4, 0.5) is 8.78 Å². The van der Waals surface area contributed by atoms with E-state index in [0.29, 0.717) is 12.2 Å². The van der Waals surface area contributed by atoms with Gasteiger partial charge in [-0.2, -0.15) is 0 Å². The summed E-state index contributed by atoms with van der Waals surface area (Å²) in [6.07, 6.45) is -0.343. The fraction of sp³-hybridized carbons (Fsp3) is 0.200. The predicted molar refractivity (Wildman–Crippen MR) is 71.1 cm³/mol. The topological polar surface area (TPSA) is 29.5 Å². The number of aliphatic hydroxyl groups is 1. The Kier molecular flexibility index (Phi) is 3.36. The zero-order chi connectivity index (χ0) is 14.3. The molecule has 3 rings (SSSR count). The number of hydrogen-bond acceptors (Lipinski definition) is 2. The molecule has 0 radical (unpaired) electrons. The van der Waals surface area contributed by atoms with E-state index in [9.17, 15) is 13.9 Å². The van der Waals surface area contributed by atoms with Crippen molar-refractivity contribution in [2.24, 2.45) is 0 Å². The average molecular weight is 297 g/mol. The lowest BCUT2D eigenvalue weighted by Crippen LogP contribution is -2.03. The normalized spacial score (nSPS) is 14.8. The van der Waals surface area contributed by atoms with Crippen LogP contribution in [0.15, 0.2) is 30.3 Å². The van der Waals surface area contributed by atoms with Gasteiger partial charge in [0, 0.05) is 17.0 Å². The molecule has 1 N–H and O–H groups in total. The van der Waals surface area contributed by atoms with Crippen molar-refractivity contribution in [3.8, 4) is 5.75 Å². The Morgan fingerprint density at radius 3 is 2.70 bits per heavy atom. The van der Waals surface area contributed by atoms with Gasteiger partial charge in [0.15, 0.2) is 11.6 Å². The maximum Gasteiger partial charge on any atom is 0.160 e. The molecule has 2 nitrogen and oxygen atoms in total. The van der Waals surface area contributed by atoms with Gasteiger partial charge < -0.3 is 9.84 Å². The van der Waals surface area contributed by atoms with Gasteiger partial charge >= 0.3 is 0 Å². The van der Waals surface area contributed by atoms with E-state index < -0.39 is 17.7 Å². The molecular formula is C15H11ClF2O2. The minimum Gasteiger partial charge on any atom is -0.493 e. The van der Waals surface area contributed by atoms with Gasteiger partial charge in [0.1, 0.15) is 11.9 Å². The van der Waals surface area contributed by atoms with Crippen LogP contribution in [0.1, 0.15) is 22.8 Å². The highest BCUT2D eigenvalue weighted by atomic mass is 35.5. The lowest BCUT2D eigenvalue weighted by Gasteiger charge is -2.14. The summed E-state index contributed by atoms with van der Waals surface area (Å²) in [6.45, 7) is 0.612. The molecule has 1 heterocycles. The van der Waals surface area contributed by atoms with Gasteiger partial charge in [0.25, 0.3) is 0 Å². The quantitative estimate of drug-likeness (QED) is 0.858. The van der Waals surface area contributed by atoms with E-state index in [1.807, 2.05) is 0 Å². The molecule has 1 aliphatic rings. The van der Waals surface area contributed by atoms with E-state index in [1.165, 1.54) is 0 Å². The molecule has 5 heteroatoms. The lowest BCUT2D eigenvalue weighted by molar-refractivity contribution is 0.219. The molecule has 0 fully saturated rings. The first-order valence-electron chi connectivity index (χ1n) is 6.14. The highest BCUT2D eigenvalue weighted by molar-refractivity contribution is 6.31. The van der Waals surface area contributed by atoms with Crippen LogP contribution in [0, 0.1) is 11.6 Å². The van der Waals surface area contributed by atoms with Gasteiger partial charge in [-0.25, -0.2) is 8.78 Å². The predicted octanol–water partition coefficient (Wildman–Crippen LogP) is 3.63. The fourth-order valence-corrected chi connectivity index (χ4v) is 2.56. The van der Waals surface area contributed by atoms with Crippen LogP contribution in [0.25, 0.3) is 0 Å². The molecule has 0 aromatic heterocycles. The summed E-state index contributed by atoms with van der Waals surface area (Å²) in [5.74, 6) is -1.28. The Balaban J connectivity index is 2.00. The molecule has 2 aromatic carbocycles. The summed E-state index contributed by atoms with van der Waals surface area (Å²) in [5, 5.41) is 10.3. The standard InChI is InChI=1S/C15H11ClF2O2/c16-11-7-13(18)12(17)6-10(11)15(19)9-1-2-14-8(5-9)3-4-20-14/h1-2,5-7,15,19H,3-4H2. The van der Waals surface area contributed by atoms with Crippen LogP contribution in [0.5, 0.6) is 5.75 Å². The molecule has 1 aliphatic heterocycles. The molecular weight excluding hydrogens is 286 g/mol. The third-order valence-corrected chi connectivity index (χ3v) is 3.69. The lowest BCUT2D eigenvalue weighted by atomic mass is 9.98. The van der Waals surface area contributed by atoms with E-state index in [1.54, 1.807) is 18.2 Å². The van der Waals surface area contributed by atoms with Gasteiger partial charge in [-0.1, -0.05) is 17.7 Å². The summed E-state index contributed by atoms with van der Waals surface area (Å²) in [7, 11) is 0. The number of aliphatic hydroxyl groups excluding tert-OH is 1. The minimum absolute atomic E-state index is 0.00634. The number of rotatable bonds is 2. The Morgan fingerprint density at radius 1 is 1.15 bits per heavy atom. The van der Waals surface area contributed by atoms with Crippen molar-refractivity contribution in [1.29, 1.82) is 0 Å². The van der Waals surface area contributed by atoms with Crippen LogP contribution >= 0.6 is 11.6 Å². The summed E-state index contributed by atoms with van der Waals surface area (Å²) in [6, 6.07) is 7.03. The van der Waals surface area contributed by atoms with E-state index in [2.05, 4.69) is 0 Å². The summed E-state index contributed by atoms with van der Waals surface area (Å²) >= 11 is 5.87. The largest absolute Gasteiger partial charge is 0.493 e. The number of hydrogen-bond donors (Lipinski definition) is 1. The molecule has 0 spiro atoms. The number of ether oxygens (including phenoxy) is 1. The number of benzene rings is 2. The van der Waals surface area contributed by atoms with Crippen LogP contribution in [-0.2, 0) is 6.42 Å². The van der Waals surface area contributed by atoms with Crippen molar-refractivity contribution in [2.45, 2.75) is 12.5 Å². The summed E-state index contributed by atoms with van der Waals surface area (Å²) < 4.78 is 31.7. The molecule has 0 aliphatic carbocycles. The molecule has 20 heavy (non-hydrogen) atoms. The molecule has 1 atom stereocenters. The van der Waals surface area contributed by atoms with Crippen molar-refractivity contribution in [3.63, 3.8) is 0 Å². The fourth-order valence-electron chi connectivity index (χ4n) is 2.30. The molecule has 0 saturated carbocycles. The second-order valence-electron chi connectivity index (χ2n) is 4.66. The number of fused-ring (bicyclic) bond motifs is 1. The van der Waals surface area contributed by atoms with Crippen molar-refractivity contribution < 1.29 is 18.6 Å². The molecule has 1 unspecified atom stereocenters. The molecule has 0 bridgehead atoms. The van der Waals surface area contributed by atoms with Crippen molar-refractivity contribution in [1.82, 2.24) is 0 Å². The maximum absolute atomic E-state index is 13.3. The van der Waals surface area contributed by atoms with Crippen LogP contribution in [0.3, 0.4) is 0 Å². The van der Waals surface area contributed by atoms with Gasteiger partial charge in [0.05, 0.1) is 6.61 Å². The molecule has 0 amide bonds. The van der Waals surface area contributed by atoms with Crippen LogP contribution in [-0.4, -0.2) is 11.7 Å². The Hall–Kier alpha value is -1.65. The molecule has 0 saturated heterocycles. The van der Waals surface area contributed by atoms with Crippen LogP contribution in [0.2, 0.25) is 5.02 Å². The zero-order valence-corrected chi connectivity index (χ0v) is 11.1. The third-order valence-electron chi connectivity index (χ3n) is 3.36. The van der Waals surface area contributed by atoms with E-state index in [4.69, 9.17) is 16.3 Å². The van der Waals surface area contributed by atoms with Crippen molar-refractivity contribution in [2.75, 3.05) is 6.61 Å². The van der Waals surface area contributed by atoms with Gasteiger partial charge in [-0.05, 0) is 35.4 Å². The summed E-state index contributed by atoms with van der Waals surface area (Å²) in [5.41, 5.74) is 1.70. The van der Waals surface area contributed by atoms with Crippen LogP contribution < -0.4 is 4.74 Å². The van der Waals surface area contributed by atoms with E-state index in [-0.39, 0.29) is 10.6 Å². The van der Waals surface area contributed by atoms with E-state index in [0.717, 1.165) is 29.9 Å². The smallest absolute Gasteiger partial charge is 0.160 e. The number of halogens is 3. The Labute approximate surface area is 119 Å². The third kappa shape index (κ3) is 2.25. The van der Waals surface area contributed by atoms with Crippen molar-refractivity contribution >= 4 is 11.6 Å². The maximum atomic E-state index is 13.3. The second kappa shape index (κ2) is 5.04. The Bertz CT molecular complexity index is 673. The monoisotopic (exact) mass is 296 g/mol. The first-order valence-corrected chi connectivity index (χ1v) is 6.52. The first-order chi connectivity index (χ1) is 9.56. The van der Waals surface area contributed by atoms with E-state index >= 15 is 0 Å². The van der Waals surface area contributed by atoms with Gasteiger partial charge in [0.2, 0.25) is 0 Å². The van der Waals surface area contributed by atoms with Crippen molar-refractivity contribution in [3.05, 3.63) is 63.7 Å². The summed E-state index contributed by atoms with van der Waals surface area (Å²) in [4.78, 5) is 0. The molecule has 104 valence electrons. The molecule has 2 aromatic rings. The zero-order valence-electron chi connectivity index (χ0n) is 10.4. The minimum atomic E-state index is -1.11. The highest BCUT2D eigenvalue weighted by Gasteiger charge is 2.20. The first kappa shape index (κ1) is 13.3. The average Bonchev–Trinajstić information content (AvgIpc) is 2.89.